The zero-order valence-electron chi connectivity index (χ0n) is 20.5. The summed E-state index contributed by atoms with van der Waals surface area (Å²) < 4.78 is 5.28. The minimum atomic E-state index is -0.559. The molecular weight excluding hydrogens is 452 g/mol. The topological polar surface area (TPSA) is 93.2 Å². The van der Waals surface area contributed by atoms with Gasteiger partial charge in [0.25, 0.3) is 5.91 Å². The Kier molecular flexibility index (Phi) is 6.38. The maximum Gasteiger partial charge on any atom is 0.255 e. The first-order valence-electron chi connectivity index (χ1n) is 12.0. The van der Waals surface area contributed by atoms with Crippen molar-refractivity contribution in [2.24, 2.45) is 0 Å². The van der Waals surface area contributed by atoms with E-state index in [1.807, 2.05) is 68.4 Å². The minimum Gasteiger partial charge on any atom is -0.497 e. The van der Waals surface area contributed by atoms with Crippen LogP contribution in [0, 0.1) is 6.92 Å². The Hall–Kier alpha value is -4.26. The number of rotatable bonds is 5. The summed E-state index contributed by atoms with van der Waals surface area (Å²) in [6.07, 6.45) is 2.73. The molecule has 2 atom stereocenters. The number of amides is 1. The van der Waals surface area contributed by atoms with E-state index in [1.165, 1.54) is 0 Å². The lowest BCUT2D eigenvalue weighted by atomic mass is 9.72. The van der Waals surface area contributed by atoms with Crippen molar-refractivity contribution in [1.29, 1.82) is 0 Å². The van der Waals surface area contributed by atoms with Crippen LogP contribution in [-0.4, -0.2) is 28.8 Å². The maximum atomic E-state index is 13.7. The van der Waals surface area contributed by atoms with Crippen molar-refractivity contribution in [1.82, 2.24) is 15.3 Å². The van der Waals surface area contributed by atoms with Crippen LogP contribution in [0.1, 0.15) is 48.6 Å². The number of aromatic nitrogens is 2. The van der Waals surface area contributed by atoms with Gasteiger partial charge in [-0.3, -0.25) is 14.6 Å². The Labute approximate surface area is 210 Å². The number of carbonyl (C=O) groups excluding carboxylic acids is 2. The Bertz CT molecular complexity index is 1380. The fourth-order valence-corrected chi connectivity index (χ4v) is 5.09. The molecule has 0 spiro atoms. The number of carbonyl (C=O) groups is 2. The van der Waals surface area contributed by atoms with Gasteiger partial charge in [-0.05, 0) is 68.1 Å². The van der Waals surface area contributed by atoms with E-state index in [0.29, 0.717) is 41.2 Å². The molecule has 0 saturated carbocycles. The lowest BCUT2D eigenvalue weighted by molar-refractivity contribution is -0.116. The van der Waals surface area contributed by atoms with Gasteiger partial charge in [0.1, 0.15) is 11.6 Å². The second-order valence-electron chi connectivity index (χ2n) is 9.16. The van der Waals surface area contributed by atoms with Gasteiger partial charge in [0, 0.05) is 40.9 Å². The number of methoxy groups -OCH3 is 1. The zero-order valence-corrected chi connectivity index (χ0v) is 20.5. The highest BCUT2D eigenvalue weighted by Gasteiger charge is 2.41. The molecule has 1 aromatic carbocycles. The molecule has 0 fully saturated rings. The van der Waals surface area contributed by atoms with Crippen molar-refractivity contribution in [2.75, 3.05) is 12.4 Å². The third-order valence-electron chi connectivity index (χ3n) is 6.77. The Morgan fingerprint density at radius 1 is 1.03 bits per heavy atom. The van der Waals surface area contributed by atoms with Gasteiger partial charge in [-0.1, -0.05) is 24.3 Å². The van der Waals surface area contributed by atoms with Crippen molar-refractivity contribution in [3.05, 3.63) is 106 Å². The lowest BCUT2D eigenvalue weighted by Gasteiger charge is -2.36. The van der Waals surface area contributed by atoms with E-state index in [9.17, 15) is 9.59 Å². The number of Topliss-reactive ketones (excluding diaryl/α,β-unsaturated/α-hetero) is 1. The summed E-state index contributed by atoms with van der Waals surface area (Å²) in [6.45, 7) is 3.75. The van der Waals surface area contributed by atoms with Crippen LogP contribution in [0.5, 0.6) is 5.75 Å². The Morgan fingerprint density at radius 3 is 2.53 bits per heavy atom. The molecule has 2 aliphatic rings. The molecule has 1 aliphatic carbocycles. The monoisotopic (exact) mass is 480 g/mol. The minimum absolute atomic E-state index is 0.0201. The number of anilines is 1. The molecule has 182 valence electrons. The summed E-state index contributed by atoms with van der Waals surface area (Å²) in [5.74, 6) is 0.450. The van der Waals surface area contributed by atoms with Crippen molar-refractivity contribution < 1.29 is 14.3 Å². The van der Waals surface area contributed by atoms with Gasteiger partial charge >= 0.3 is 0 Å². The van der Waals surface area contributed by atoms with Gasteiger partial charge in [-0.25, -0.2) is 4.98 Å². The predicted octanol–water partition coefficient (Wildman–Crippen LogP) is 4.79. The number of hydrogen-bond donors (Lipinski definition) is 2. The van der Waals surface area contributed by atoms with Crippen LogP contribution in [0.4, 0.5) is 5.82 Å². The fourth-order valence-electron chi connectivity index (χ4n) is 5.09. The summed E-state index contributed by atoms with van der Waals surface area (Å²) in [5, 5.41) is 6.32. The number of benzene rings is 1. The van der Waals surface area contributed by atoms with Crippen LogP contribution in [0.2, 0.25) is 0 Å². The van der Waals surface area contributed by atoms with E-state index in [4.69, 9.17) is 4.74 Å². The average molecular weight is 481 g/mol. The summed E-state index contributed by atoms with van der Waals surface area (Å²) in [4.78, 5) is 36.2. The molecule has 1 aliphatic heterocycles. The van der Waals surface area contributed by atoms with Gasteiger partial charge in [0.15, 0.2) is 5.78 Å². The van der Waals surface area contributed by atoms with E-state index in [-0.39, 0.29) is 17.6 Å². The first kappa shape index (κ1) is 23.5. The number of ketones is 1. The molecule has 0 bridgehead atoms. The van der Waals surface area contributed by atoms with Gasteiger partial charge in [-0.2, -0.15) is 0 Å². The number of aryl methyl sites for hydroxylation is 1. The number of dihydropyridines is 1. The standard InChI is InChI=1S/C29H28N4O3/c1-17-7-6-9-25(31-17)33-29(35)26-18(2)32-23-15-20(19-10-12-21(36-3)13-11-19)16-24(34)27(23)28(26)22-8-4-5-14-30-22/h4-14,20,28,32H,15-16H2,1-3H3,(H,31,33,35)/t20-,28-/m1/s1. The molecule has 0 unspecified atom stereocenters. The van der Waals surface area contributed by atoms with E-state index in [1.54, 1.807) is 19.4 Å². The number of ether oxygens (including phenoxy) is 1. The molecule has 5 rings (SSSR count). The van der Waals surface area contributed by atoms with Crippen LogP contribution >= 0.6 is 0 Å². The van der Waals surface area contributed by atoms with Crippen molar-refractivity contribution in [3.8, 4) is 5.75 Å². The van der Waals surface area contributed by atoms with Crippen LogP contribution in [0.3, 0.4) is 0 Å². The number of pyridine rings is 2. The number of allylic oxidation sites excluding steroid dienone is 3. The van der Waals surface area contributed by atoms with Crippen LogP contribution in [0.25, 0.3) is 0 Å². The van der Waals surface area contributed by atoms with Gasteiger partial charge in [0.2, 0.25) is 0 Å². The molecule has 0 radical (unpaired) electrons. The second kappa shape index (κ2) is 9.77. The molecule has 7 nitrogen and oxygen atoms in total. The third kappa shape index (κ3) is 4.52. The summed E-state index contributed by atoms with van der Waals surface area (Å²) in [7, 11) is 1.64. The molecule has 3 aromatic rings. The zero-order chi connectivity index (χ0) is 25.2. The highest BCUT2D eigenvalue weighted by Crippen LogP contribution is 2.45. The SMILES string of the molecule is COc1ccc([C@H]2CC(=O)C3=C(C2)NC(C)=C(C(=O)Nc2cccc(C)n2)[C@H]3c2ccccn2)cc1. The molecule has 2 aromatic heterocycles. The molecule has 3 heterocycles. The van der Waals surface area contributed by atoms with Crippen LogP contribution < -0.4 is 15.4 Å². The third-order valence-corrected chi connectivity index (χ3v) is 6.77. The quantitative estimate of drug-likeness (QED) is 0.545. The number of hydrogen-bond acceptors (Lipinski definition) is 6. The molecule has 2 N–H and O–H groups in total. The first-order valence-corrected chi connectivity index (χ1v) is 12.0. The summed E-state index contributed by atoms with van der Waals surface area (Å²) in [5.41, 5.74) is 5.22. The van der Waals surface area contributed by atoms with E-state index >= 15 is 0 Å². The lowest BCUT2D eigenvalue weighted by Crippen LogP contribution is -2.37. The maximum absolute atomic E-state index is 13.7. The van der Waals surface area contributed by atoms with Crippen molar-refractivity contribution in [3.63, 3.8) is 0 Å². The highest BCUT2D eigenvalue weighted by atomic mass is 16.5. The molecule has 1 amide bonds. The normalized spacial score (nSPS) is 19.5. The first-order chi connectivity index (χ1) is 17.4. The van der Waals surface area contributed by atoms with Gasteiger partial charge < -0.3 is 15.4 Å². The number of nitrogens with one attached hydrogen (secondary N) is 2. The Balaban J connectivity index is 1.52. The fraction of sp³-hybridized carbons (Fsp3) is 0.241. The largest absolute Gasteiger partial charge is 0.497 e. The average Bonchev–Trinajstić information content (AvgIpc) is 2.88. The highest BCUT2D eigenvalue weighted by molar-refractivity contribution is 6.09. The number of nitrogens with zero attached hydrogens (tertiary/aromatic N) is 2. The van der Waals surface area contributed by atoms with Crippen LogP contribution in [0.15, 0.2) is 89.4 Å². The summed E-state index contributed by atoms with van der Waals surface area (Å²) >= 11 is 0. The molecular formula is C29H28N4O3. The molecule has 0 saturated heterocycles. The molecule has 36 heavy (non-hydrogen) atoms. The predicted molar refractivity (Wildman–Crippen MR) is 137 cm³/mol. The molecule has 7 heteroatoms. The smallest absolute Gasteiger partial charge is 0.255 e. The van der Waals surface area contributed by atoms with Gasteiger partial charge in [0.05, 0.1) is 18.7 Å². The van der Waals surface area contributed by atoms with Crippen LogP contribution in [-0.2, 0) is 9.59 Å². The van der Waals surface area contributed by atoms with E-state index < -0.39 is 5.92 Å². The van der Waals surface area contributed by atoms with E-state index in [0.717, 1.165) is 22.7 Å². The summed E-state index contributed by atoms with van der Waals surface area (Å²) in [6, 6.07) is 18.9. The van der Waals surface area contributed by atoms with Crippen molar-refractivity contribution in [2.45, 2.75) is 38.5 Å². The van der Waals surface area contributed by atoms with E-state index in [2.05, 4.69) is 20.6 Å². The Morgan fingerprint density at radius 2 is 1.83 bits per heavy atom. The van der Waals surface area contributed by atoms with Crippen molar-refractivity contribution >= 4 is 17.5 Å². The second-order valence-corrected chi connectivity index (χ2v) is 9.16. The van der Waals surface area contributed by atoms with Gasteiger partial charge in [-0.15, -0.1) is 0 Å².